The lowest BCUT2D eigenvalue weighted by atomic mass is 9.96. The largest absolute Gasteiger partial charge is 0.370 e. The van der Waals surface area contributed by atoms with Crippen LogP contribution in [0, 0.1) is 6.92 Å². The van der Waals surface area contributed by atoms with Gasteiger partial charge in [-0.25, -0.2) is 0 Å². The number of carbonyl (C=O) groups excluding carboxylic acids is 1. The molecule has 0 aliphatic rings. The van der Waals surface area contributed by atoms with Crippen LogP contribution >= 0.6 is 11.8 Å². The predicted molar refractivity (Wildman–Crippen MR) is 132 cm³/mol. The first-order valence-corrected chi connectivity index (χ1v) is 12.5. The summed E-state index contributed by atoms with van der Waals surface area (Å²) in [5.74, 6) is 1.96. The number of nitrogens with zero attached hydrogens (tertiary/aromatic N) is 3. The molecule has 1 atom stereocenters. The van der Waals surface area contributed by atoms with Gasteiger partial charge in [0.25, 0.3) is 0 Å². The number of primary amides is 1. The molecule has 1 amide bonds. The van der Waals surface area contributed by atoms with Gasteiger partial charge in [0.05, 0.1) is 0 Å². The first kappa shape index (κ1) is 24.1. The van der Waals surface area contributed by atoms with E-state index in [-0.39, 0.29) is 11.8 Å². The summed E-state index contributed by atoms with van der Waals surface area (Å²) in [6, 6.07) is 19.0. The number of hydrogen-bond acceptors (Lipinski definition) is 4. The van der Waals surface area contributed by atoms with Crippen LogP contribution in [0.4, 0.5) is 0 Å². The van der Waals surface area contributed by atoms with Gasteiger partial charge >= 0.3 is 0 Å². The van der Waals surface area contributed by atoms with Gasteiger partial charge in [0.1, 0.15) is 5.82 Å². The van der Waals surface area contributed by atoms with E-state index >= 15 is 0 Å². The molecule has 2 N–H and O–H groups in total. The number of aromatic nitrogens is 3. The van der Waals surface area contributed by atoms with Crippen LogP contribution in [-0.4, -0.2) is 20.7 Å². The predicted octanol–water partition coefficient (Wildman–Crippen LogP) is 5.66. The molecule has 3 rings (SSSR count). The van der Waals surface area contributed by atoms with Crippen molar-refractivity contribution < 1.29 is 4.79 Å². The summed E-state index contributed by atoms with van der Waals surface area (Å²) in [6.45, 7) is 5.19. The maximum Gasteiger partial charge on any atom is 0.217 e. The third kappa shape index (κ3) is 6.95. The molecule has 5 nitrogen and oxygen atoms in total. The van der Waals surface area contributed by atoms with Gasteiger partial charge in [0.15, 0.2) is 5.16 Å². The molecule has 0 saturated heterocycles. The van der Waals surface area contributed by atoms with Crippen LogP contribution in [0.5, 0.6) is 0 Å². The van der Waals surface area contributed by atoms with Crippen molar-refractivity contribution in [2.45, 2.75) is 75.7 Å². The van der Waals surface area contributed by atoms with Gasteiger partial charge in [0.2, 0.25) is 5.91 Å². The monoisotopic (exact) mass is 450 g/mol. The molecule has 0 spiro atoms. The maximum atomic E-state index is 11.2. The molecule has 1 aromatic heterocycles. The van der Waals surface area contributed by atoms with Gasteiger partial charge in [-0.3, -0.25) is 4.79 Å². The van der Waals surface area contributed by atoms with Gasteiger partial charge in [-0.2, -0.15) is 0 Å². The smallest absolute Gasteiger partial charge is 0.217 e. The standard InChI is InChI=1S/C26H34N4OS/c1-3-10-22(15-9-16-24(27)31)25-28-29-26(32-19-23-14-8-7-11-20(23)2)30(25)18-17-21-12-5-4-6-13-21/h4-8,11-14,22H,3,9-10,15-19H2,1-2H3,(H2,27,31). The maximum absolute atomic E-state index is 11.2. The Morgan fingerprint density at radius 1 is 1.06 bits per heavy atom. The van der Waals surface area contributed by atoms with Crippen LogP contribution in [0.2, 0.25) is 0 Å². The number of aryl methyl sites for hydroxylation is 2. The van der Waals surface area contributed by atoms with Gasteiger partial charge in [0, 0.05) is 24.6 Å². The molecule has 1 unspecified atom stereocenters. The number of benzene rings is 2. The molecular weight excluding hydrogens is 416 g/mol. The Hall–Kier alpha value is -2.60. The molecule has 6 heteroatoms. The highest BCUT2D eigenvalue weighted by molar-refractivity contribution is 7.98. The summed E-state index contributed by atoms with van der Waals surface area (Å²) in [4.78, 5) is 11.2. The van der Waals surface area contributed by atoms with Crippen LogP contribution in [-0.2, 0) is 23.5 Å². The van der Waals surface area contributed by atoms with E-state index in [9.17, 15) is 4.79 Å². The van der Waals surface area contributed by atoms with Crippen molar-refractivity contribution >= 4 is 17.7 Å². The van der Waals surface area contributed by atoms with Crippen molar-refractivity contribution in [3.05, 3.63) is 77.1 Å². The summed E-state index contributed by atoms with van der Waals surface area (Å²) >= 11 is 1.75. The summed E-state index contributed by atoms with van der Waals surface area (Å²) in [5, 5.41) is 10.2. The summed E-state index contributed by atoms with van der Waals surface area (Å²) in [5.41, 5.74) is 9.30. The van der Waals surface area contributed by atoms with E-state index in [4.69, 9.17) is 5.73 Å². The molecule has 1 heterocycles. The van der Waals surface area contributed by atoms with Crippen LogP contribution in [0.1, 0.15) is 67.5 Å². The fourth-order valence-electron chi connectivity index (χ4n) is 3.99. The van der Waals surface area contributed by atoms with E-state index in [0.29, 0.717) is 6.42 Å². The number of nitrogens with two attached hydrogens (primary N) is 1. The van der Waals surface area contributed by atoms with Crippen LogP contribution in [0.15, 0.2) is 59.8 Å². The molecule has 2 aromatic carbocycles. The Morgan fingerprint density at radius 3 is 2.53 bits per heavy atom. The topological polar surface area (TPSA) is 73.8 Å². The van der Waals surface area contributed by atoms with Gasteiger partial charge in [-0.1, -0.05) is 79.7 Å². The average Bonchev–Trinajstić information content (AvgIpc) is 3.19. The fraction of sp³-hybridized carbons (Fsp3) is 0.423. The lowest BCUT2D eigenvalue weighted by Crippen LogP contribution is -2.14. The van der Waals surface area contributed by atoms with Crippen LogP contribution < -0.4 is 5.73 Å². The van der Waals surface area contributed by atoms with Gasteiger partial charge in [-0.05, 0) is 49.3 Å². The normalized spacial score (nSPS) is 12.1. The molecule has 3 aromatic rings. The SMILES string of the molecule is CCCC(CCCC(N)=O)c1nnc(SCc2ccccc2C)n1CCc1ccccc1. The Morgan fingerprint density at radius 2 is 1.81 bits per heavy atom. The van der Waals surface area contributed by atoms with Crippen molar-refractivity contribution in [3.8, 4) is 0 Å². The fourth-order valence-corrected chi connectivity index (χ4v) is 5.04. The minimum absolute atomic E-state index is 0.236. The average molecular weight is 451 g/mol. The zero-order valence-electron chi connectivity index (χ0n) is 19.2. The zero-order chi connectivity index (χ0) is 22.8. The Labute approximate surface area is 195 Å². The van der Waals surface area contributed by atoms with Gasteiger partial charge in [-0.15, -0.1) is 10.2 Å². The van der Waals surface area contributed by atoms with Crippen molar-refractivity contribution in [1.82, 2.24) is 14.8 Å². The minimum Gasteiger partial charge on any atom is -0.370 e. The van der Waals surface area contributed by atoms with Crippen LogP contribution in [0.25, 0.3) is 0 Å². The summed E-state index contributed by atoms with van der Waals surface area (Å²) in [6.07, 6.45) is 5.15. The Kier molecular flexibility index (Phi) is 9.35. The summed E-state index contributed by atoms with van der Waals surface area (Å²) < 4.78 is 2.31. The second kappa shape index (κ2) is 12.4. The first-order chi connectivity index (χ1) is 15.6. The van der Waals surface area contributed by atoms with E-state index < -0.39 is 0 Å². The first-order valence-electron chi connectivity index (χ1n) is 11.5. The van der Waals surface area contributed by atoms with Crippen molar-refractivity contribution in [2.24, 2.45) is 5.73 Å². The molecule has 0 bridgehead atoms. The Balaban J connectivity index is 1.82. The van der Waals surface area contributed by atoms with Crippen molar-refractivity contribution in [1.29, 1.82) is 0 Å². The molecule has 0 aliphatic carbocycles. The lowest BCUT2D eigenvalue weighted by Gasteiger charge is -2.18. The second-order valence-electron chi connectivity index (χ2n) is 8.29. The van der Waals surface area contributed by atoms with E-state index in [1.165, 1.54) is 16.7 Å². The summed E-state index contributed by atoms with van der Waals surface area (Å²) in [7, 11) is 0. The molecule has 0 saturated carbocycles. The minimum atomic E-state index is -0.236. The lowest BCUT2D eigenvalue weighted by molar-refractivity contribution is -0.118. The highest BCUT2D eigenvalue weighted by Gasteiger charge is 2.21. The highest BCUT2D eigenvalue weighted by Crippen LogP contribution is 2.30. The third-order valence-electron chi connectivity index (χ3n) is 5.81. The number of rotatable bonds is 13. The van der Waals surface area contributed by atoms with E-state index in [1.807, 2.05) is 6.07 Å². The number of hydrogen-bond donors (Lipinski definition) is 1. The molecular formula is C26H34N4OS. The van der Waals surface area contributed by atoms with Gasteiger partial charge < -0.3 is 10.3 Å². The number of thioether (sulfide) groups is 1. The van der Waals surface area contributed by atoms with E-state index in [1.54, 1.807) is 11.8 Å². The number of amides is 1. The van der Waals surface area contributed by atoms with Crippen molar-refractivity contribution in [2.75, 3.05) is 0 Å². The number of carbonyl (C=O) groups is 1. The molecule has 32 heavy (non-hydrogen) atoms. The molecule has 0 radical (unpaired) electrons. The third-order valence-corrected chi connectivity index (χ3v) is 6.82. The molecule has 0 aliphatic heterocycles. The second-order valence-corrected chi connectivity index (χ2v) is 9.23. The zero-order valence-corrected chi connectivity index (χ0v) is 20.0. The molecule has 170 valence electrons. The quantitative estimate of drug-likeness (QED) is 0.341. The van der Waals surface area contributed by atoms with E-state index in [2.05, 4.69) is 77.1 Å². The van der Waals surface area contributed by atoms with E-state index in [0.717, 1.165) is 55.4 Å². The van der Waals surface area contributed by atoms with Crippen LogP contribution in [0.3, 0.4) is 0 Å². The molecule has 0 fully saturated rings. The Bertz CT molecular complexity index is 987. The van der Waals surface area contributed by atoms with Crippen molar-refractivity contribution in [3.63, 3.8) is 0 Å². The highest BCUT2D eigenvalue weighted by atomic mass is 32.2.